The van der Waals surface area contributed by atoms with E-state index in [4.69, 9.17) is 4.74 Å². The van der Waals surface area contributed by atoms with Gasteiger partial charge in [-0.1, -0.05) is 50.3 Å². The number of benzene rings is 1. The Balaban J connectivity index is 2.04. The van der Waals surface area contributed by atoms with Crippen molar-refractivity contribution in [1.82, 2.24) is 4.90 Å². The first-order chi connectivity index (χ1) is 11.5. The number of allylic oxidation sites excluding steroid dienone is 1. The van der Waals surface area contributed by atoms with Crippen molar-refractivity contribution in [3.63, 3.8) is 0 Å². The quantitative estimate of drug-likeness (QED) is 0.617. The second-order valence-corrected chi connectivity index (χ2v) is 6.70. The van der Waals surface area contributed by atoms with Gasteiger partial charge in [0.05, 0.1) is 6.10 Å². The maximum absolute atomic E-state index is 12.6. The zero-order valence-electron chi connectivity index (χ0n) is 14.7. The number of rotatable bonds is 5. The minimum absolute atomic E-state index is 0.00176. The molecule has 4 heteroatoms. The summed E-state index contributed by atoms with van der Waals surface area (Å²) in [6, 6.07) is 12.4. The summed E-state index contributed by atoms with van der Waals surface area (Å²) in [5.41, 5.74) is 1.53. The van der Waals surface area contributed by atoms with Gasteiger partial charge in [-0.3, -0.25) is 4.79 Å². The fourth-order valence-electron chi connectivity index (χ4n) is 3.23. The predicted molar refractivity (Wildman–Crippen MR) is 94.2 cm³/mol. The zero-order valence-corrected chi connectivity index (χ0v) is 14.7. The summed E-state index contributed by atoms with van der Waals surface area (Å²) >= 11 is 0. The number of ether oxygens (including phenoxy) is 1. The van der Waals surface area contributed by atoms with Crippen molar-refractivity contribution in [3.05, 3.63) is 47.5 Å². The molecule has 1 heterocycles. The Morgan fingerprint density at radius 3 is 2.71 bits per heavy atom. The molecule has 0 radical (unpaired) electrons. The lowest BCUT2D eigenvalue weighted by atomic mass is 9.87. The third kappa shape index (κ3) is 4.69. The van der Waals surface area contributed by atoms with Gasteiger partial charge in [0.15, 0.2) is 0 Å². The van der Waals surface area contributed by atoms with Crippen molar-refractivity contribution in [1.29, 1.82) is 5.26 Å². The molecule has 1 fully saturated rings. The van der Waals surface area contributed by atoms with E-state index in [1.165, 1.54) is 5.56 Å². The topological polar surface area (TPSA) is 53.3 Å². The standard InChI is InChI=1S/C20H26N2O2/c1-15(2)11-18(13-21)20(23)22-10-9-17(19(14-22)24-3)12-16-7-5-4-6-8-16/h4-8,11,15,17,19H,9-10,12,14H2,1-3H3/b18-11+/t17-,19+/m1/s1. The number of amides is 1. The normalized spacial score (nSPS) is 21.6. The SMILES string of the molecule is CO[C@H]1CN(C(=O)/C(C#N)=C/C(C)C)CC[C@@H]1Cc1ccccc1. The molecule has 2 atom stereocenters. The van der Waals surface area contributed by atoms with E-state index in [2.05, 4.69) is 12.1 Å². The molecule has 1 aliphatic rings. The van der Waals surface area contributed by atoms with Crippen molar-refractivity contribution in [2.75, 3.05) is 20.2 Å². The number of likely N-dealkylation sites (tertiary alicyclic amines) is 1. The summed E-state index contributed by atoms with van der Waals surface area (Å²) in [7, 11) is 1.70. The van der Waals surface area contributed by atoms with E-state index in [1.807, 2.05) is 38.1 Å². The number of hydrogen-bond donors (Lipinski definition) is 0. The average molecular weight is 326 g/mol. The Morgan fingerprint density at radius 2 is 2.12 bits per heavy atom. The van der Waals surface area contributed by atoms with Crippen LogP contribution in [0.25, 0.3) is 0 Å². The first-order valence-electron chi connectivity index (χ1n) is 8.53. The van der Waals surface area contributed by atoms with Crippen LogP contribution in [0.1, 0.15) is 25.8 Å². The van der Waals surface area contributed by atoms with Gasteiger partial charge in [-0.15, -0.1) is 0 Å². The van der Waals surface area contributed by atoms with Gasteiger partial charge in [-0.05, 0) is 30.2 Å². The number of methoxy groups -OCH3 is 1. The molecule has 24 heavy (non-hydrogen) atoms. The van der Waals surface area contributed by atoms with Crippen LogP contribution in [0.5, 0.6) is 0 Å². The first kappa shape index (κ1) is 18.2. The molecule has 1 aliphatic heterocycles. The number of hydrogen-bond acceptors (Lipinski definition) is 3. The molecule has 0 saturated carbocycles. The molecule has 2 rings (SSSR count). The fourth-order valence-corrected chi connectivity index (χ4v) is 3.23. The van der Waals surface area contributed by atoms with Crippen LogP contribution in [0.3, 0.4) is 0 Å². The van der Waals surface area contributed by atoms with Gasteiger partial charge in [0.2, 0.25) is 0 Å². The Labute approximate surface area is 144 Å². The Hall–Kier alpha value is -2.12. The summed E-state index contributed by atoms with van der Waals surface area (Å²) in [5, 5.41) is 9.25. The molecule has 0 aromatic heterocycles. The lowest BCUT2D eigenvalue weighted by Gasteiger charge is -2.38. The summed E-state index contributed by atoms with van der Waals surface area (Å²) in [4.78, 5) is 14.3. The molecular formula is C20H26N2O2. The fraction of sp³-hybridized carbons (Fsp3) is 0.500. The number of carbonyl (C=O) groups excluding carboxylic acids is 1. The lowest BCUT2D eigenvalue weighted by Crippen LogP contribution is -2.48. The number of nitriles is 1. The maximum Gasteiger partial charge on any atom is 0.264 e. The minimum atomic E-state index is -0.175. The second-order valence-electron chi connectivity index (χ2n) is 6.70. The lowest BCUT2D eigenvalue weighted by molar-refractivity contribution is -0.132. The summed E-state index contributed by atoms with van der Waals surface area (Å²) in [6.45, 7) is 5.15. The van der Waals surface area contributed by atoms with Crippen molar-refractivity contribution < 1.29 is 9.53 Å². The molecule has 0 spiro atoms. The molecule has 128 valence electrons. The van der Waals surface area contributed by atoms with E-state index >= 15 is 0 Å². The molecule has 1 aromatic carbocycles. The van der Waals surface area contributed by atoms with Crippen LogP contribution in [0.15, 0.2) is 42.0 Å². The van der Waals surface area contributed by atoms with E-state index in [1.54, 1.807) is 18.1 Å². The molecule has 1 saturated heterocycles. The molecular weight excluding hydrogens is 300 g/mol. The maximum atomic E-state index is 12.6. The van der Waals surface area contributed by atoms with Crippen LogP contribution in [-0.4, -0.2) is 37.1 Å². The molecule has 0 unspecified atom stereocenters. The highest BCUT2D eigenvalue weighted by Gasteiger charge is 2.32. The minimum Gasteiger partial charge on any atom is -0.379 e. The molecule has 0 bridgehead atoms. The Kier molecular flexibility index (Phi) is 6.57. The molecule has 4 nitrogen and oxygen atoms in total. The van der Waals surface area contributed by atoms with Crippen molar-refractivity contribution >= 4 is 5.91 Å². The van der Waals surface area contributed by atoms with Crippen LogP contribution >= 0.6 is 0 Å². The molecule has 0 N–H and O–H groups in total. The van der Waals surface area contributed by atoms with Crippen molar-refractivity contribution in [3.8, 4) is 6.07 Å². The van der Waals surface area contributed by atoms with Crippen LogP contribution in [-0.2, 0) is 16.0 Å². The number of piperidine rings is 1. The van der Waals surface area contributed by atoms with Gasteiger partial charge in [0, 0.05) is 20.2 Å². The van der Waals surface area contributed by atoms with Crippen LogP contribution in [0.2, 0.25) is 0 Å². The smallest absolute Gasteiger partial charge is 0.264 e. The number of nitrogens with zero attached hydrogens (tertiary/aromatic N) is 2. The van der Waals surface area contributed by atoms with E-state index in [-0.39, 0.29) is 23.5 Å². The van der Waals surface area contributed by atoms with Gasteiger partial charge >= 0.3 is 0 Å². The van der Waals surface area contributed by atoms with E-state index in [0.717, 1.165) is 12.8 Å². The van der Waals surface area contributed by atoms with E-state index < -0.39 is 0 Å². The van der Waals surface area contributed by atoms with Crippen LogP contribution in [0.4, 0.5) is 0 Å². The second kappa shape index (κ2) is 8.65. The highest BCUT2D eigenvalue weighted by Crippen LogP contribution is 2.25. The van der Waals surface area contributed by atoms with Gasteiger partial charge in [0.25, 0.3) is 5.91 Å². The van der Waals surface area contributed by atoms with Crippen LogP contribution in [0, 0.1) is 23.2 Å². The van der Waals surface area contributed by atoms with Crippen molar-refractivity contribution in [2.24, 2.45) is 11.8 Å². The monoisotopic (exact) mass is 326 g/mol. The number of carbonyl (C=O) groups is 1. The van der Waals surface area contributed by atoms with Gasteiger partial charge in [0.1, 0.15) is 11.6 Å². The summed E-state index contributed by atoms with van der Waals surface area (Å²) in [6.07, 6.45) is 3.58. The predicted octanol–water partition coefficient (Wildman–Crippen LogP) is 3.20. The first-order valence-corrected chi connectivity index (χ1v) is 8.53. The van der Waals surface area contributed by atoms with Crippen molar-refractivity contribution in [2.45, 2.75) is 32.8 Å². The van der Waals surface area contributed by atoms with Gasteiger partial charge in [-0.2, -0.15) is 5.26 Å². The third-order valence-corrected chi connectivity index (χ3v) is 4.48. The van der Waals surface area contributed by atoms with E-state index in [0.29, 0.717) is 19.0 Å². The average Bonchev–Trinajstić information content (AvgIpc) is 2.60. The summed E-state index contributed by atoms with van der Waals surface area (Å²) < 4.78 is 5.65. The van der Waals surface area contributed by atoms with Crippen LogP contribution < -0.4 is 0 Å². The molecule has 1 aromatic rings. The molecule has 0 aliphatic carbocycles. The Morgan fingerprint density at radius 1 is 1.42 bits per heavy atom. The third-order valence-electron chi connectivity index (χ3n) is 4.48. The van der Waals surface area contributed by atoms with E-state index in [9.17, 15) is 10.1 Å². The Bertz CT molecular complexity index is 616. The highest BCUT2D eigenvalue weighted by molar-refractivity contribution is 5.97. The largest absolute Gasteiger partial charge is 0.379 e. The van der Waals surface area contributed by atoms with Gasteiger partial charge in [-0.25, -0.2) is 0 Å². The highest BCUT2D eigenvalue weighted by atomic mass is 16.5. The zero-order chi connectivity index (χ0) is 17.5. The molecule has 1 amide bonds. The summed E-state index contributed by atoms with van der Waals surface area (Å²) in [5.74, 6) is 0.393. The van der Waals surface area contributed by atoms with Gasteiger partial charge < -0.3 is 9.64 Å².